The Morgan fingerprint density at radius 2 is 1.96 bits per heavy atom. The Morgan fingerprint density at radius 3 is 2.64 bits per heavy atom. The molecule has 0 bridgehead atoms. The van der Waals surface area contributed by atoms with E-state index in [9.17, 15) is 14.3 Å². The van der Waals surface area contributed by atoms with E-state index < -0.39 is 17.3 Å². The number of carbonyl (C=O) groups is 1. The summed E-state index contributed by atoms with van der Waals surface area (Å²) < 4.78 is 14.8. The number of nitrogens with zero attached hydrogens (tertiary/aromatic N) is 2. The summed E-state index contributed by atoms with van der Waals surface area (Å²) in [5.41, 5.74) is 2.19. The zero-order valence-corrected chi connectivity index (χ0v) is 16.3. The zero-order valence-electron chi connectivity index (χ0n) is 16.3. The lowest BCUT2D eigenvalue weighted by Crippen LogP contribution is -2.38. The highest BCUT2D eigenvalue weighted by Gasteiger charge is 2.48. The number of aliphatic hydroxyl groups is 1. The molecule has 1 fully saturated rings. The van der Waals surface area contributed by atoms with Crippen LogP contribution in [0.5, 0.6) is 0 Å². The first-order chi connectivity index (χ1) is 13.4. The third kappa shape index (κ3) is 3.31. The number of aliphatic hydroxyl groups excluding tert-OH is 1. The van der Waals surface area contributed by atoms with Crippen molar-refractivity contribution in [3.63, 3.8) is 0 Å². The number of rotatable bonds is 4. The molecule has 28 heavy (non-hydrogen) atoms. The molecule has 4 rings (SSSR count). The fourth-order valence-electron chi connectivity index (χ4n) is 4.51. The van der Waals surface area contributed by atoms with Crippen molar-refractivity contribution in [1.29, 1.82) is 0 Å². The van der Waals surface area contributed by atoms with Gasteiger partial charge in [-0.25, -0.2) is 4.39 Å². The Balaban J connectivity index is 1.63. The lowest BCUT2D eigenvalue weighted by molar-refractivity contribution is -0.115. The van der Waals surface area contributed by atoms with Gasteiger partial charge in [-0.2, -0.15) is 0 Å². The van der Waals surface area contributed by atoms with Crippen molar-refractivity contribution >= 4 is 11.6 Å². The second kappa shape index (κ2) is 7.26. The van der Waals surface area contributed by atoms with E-state index in [2.05, 4.69) is 15.2 Å². The van der Waals surface area contributed by atoms with Crippen molar-refractivity contribution < 1.29 is 14.3 Å². The Bertz CT molecular complexity index is 879. The fraction of sp³-hybridized carbons (Fsp3) is 0.455. The maximum atomic E-state index is 14.8. The van der Waals surface area contributed by atoms with E-state index in [0.29, 0.717) is 0 Å². The zero-order chi connectivity index (χ0) is 19.9. The van der Waals surface area contributed by atoms with Gasteiger partial charge in [-0.3, -0.25) is 14.7 Å². The minimum atomic E-state index is -0.609. The number of aromatic nitrogens is 1. The van der Waals surface area contributed by atoms with E-state index in [1.165, 1.54) is 6.07 Å². The summed E-state index contributed by atoms with van der Waals surface area (Å²) in [5, 5.41) is 13.7. The van der Waals surface area contributed by atoms with E-state index in [1.54, 1.807) is 30.6 Å². The summed E-state index contributed by atoms with van der Waals surface area (Å²) in [6.45, 7) is 5.76. The number of benzene rings is 1. The molecule has 2 N–H and O–H groups in total. The highest BCUT2D eigenvalue weighted by Crippen LogP contribution is 2.49. The predicted octanol–water partition coefficient (Wildman–Crippen LogP) is 3.19. The molecule has 2 atom stereocenters. The van der Waals surface area contributed by atoms with Crippen LogP contribution in [0.2, 0.25) is 0 Å². The minimum absolute atomic E-state index is 0.155. The molecule has 2 heterocycles. The monoisotopic (exact) mass is 383 g/mol. The number of likely N-dealkylation sites (tertiary alicyclic amines) is 1. The second-order valence-electron chi connectivity index (χ2n) is 8.35. The SMILES string of the molecule is CC1(C)c2cc(F)c(NC(=O)Cc3ccncc3)cc2C(N2CCCC2)C1O. The average Bonchev–Trinajstić information content (AvgIpc) is 3.24. The first kappa shape index (κ1) is 19.0. The van der Waals surface area contributed by atoms with Crippen LogP contribution in [-0.4, -0.2) is 40.1 Å². The van der Waals surface area contributed by atoms with Gasteiger partial charge in [-0.1, -0.05) is 13.8 Å². The summed E-state index contributed by atoms with van der Waals surface area (Å²) in [6, 6.07) is 6.57. The number of anilines is 1. The second-order valence-corrected chi connectivity index (χ2v) is 8.35. The van der Waals surface area contributed by atoms with E-state index in [0.717, 1.165) is 42.6 Å². The quantitative estimate of drug-likeness (QED) is 0.851. The molecule has 1 amide bonds. The van der Waals surface area contributed by atoms with Crippen LogP contribution in [0.1, 0.15) is 49.4 Å². The van der Waals surface area contributed by atoms with Gasteiger partial charge in [-0.05, 0) is 66.9 Å². The molecule has 0 radical (unpaired) electrons. The Morgan fingerprint density at radius 1 is 1.29 bits per heavy atom. The predicted molar refractivity (Wildman–Crippen MR) is 106 cm³/mol. The molecular formula is C22H26FN3O2. The molecule has 1 aliphatic heterocycles. The first-order valence-corrected chi connectivity index (χ1v) is 9.82. The van der Waals surface area contributed by atoms with Crippen LogP contribution >= 0.6 is 0 Å². The van der Waals surface area contributed by atoms with Crippen LogP contribution in [0.3, 0.4) is 0 Å². The van der Waals surface area contributed by atoms with Crippen LogP contribution in [0, 0.1) is 5.82 Å². The number of amides is 1. The molecule has 1 aliphatic carbocycles. The van der Waals surface area contributed by atoms with Crippen LogP contribution in [-0.2, 0) is 16.6 Å². The Hall–Kier alpha value is -2.31. The summed E-state index contributed by atoms with van der Waals surface area (Å²) in [7, 11) is 0. The maximum absolute atomic E-state index is 14.8. The van der Waals surface area contributed by atoms with Gasteiger partial charge < -0.3 is 10.4 Å². The molecule has 0 spiro atoms. The van der Waals surface area contributed by atoms with Gasteiger partial charge >= 0.3 is 0 Å². The molecule has 5 nitrogen and oxygen atoms in total. The smallest absolute Gasteiger partial charge is 0.228 e. The molecule has 1 aromatic carbocycles. The van der Waals surface area contributed by atoms with Crippen molar-refractivity contribution in [2.75, 3.05) is 18.4 Å². The van der Waals surface area contributed by atoms with Crippen LogP contribution in [0.25, 0.3) is 0 Å². The normalized spacial score (nSPS) is 23.6. The molecule has 1 aromatic heterocycles. The highest BCUT2D eigenvalue weighted by atomic mass is 19.1. The lowest BCUT2D eigenvalue weighted by atomic mass is 9.84. The number of pyridine rings is 1. The van der Waals surface area contributed by atoms with E-state index in [1.807, 2.05) is 13.8 Å². The Labute approximate surface area is 164 Å². The summed E-state index contributed by atoms with van der Waals surface area (Å²) in [5.74, 6) is -0.746. The molecule has 2 aromatic rings. The van der Waals surface area contributed by atoms with Gasteiger partial charge in [0.25, 0.3) is 0 Å². The van der Waals surface area contributed by atoms with Gasteiger partial charge in [-0.15, -0.1) is 0 Å². The van der Waals surface area contributed by atoms with E-state index in [4.69, 9.17) is 0 Å². The fourth-order valence-corrected chi connectivity index (χ4v) is 4.51. The summed E-state index contributed by atoms with van der Waals surface area (Å²) in [4.78, 5) is 18.6. The van der Waals surface area contributed by atoms with Gasteiger partial charge in [0.15, 0.2) is 0 Å². The number of fused-ring (bicyclic) bond motifs is 1. The van der Waals surface area contributed by atoms with Crippen molar-refractivity contribution in [3.05, 3.63) is 59.2 Å². The maximum Gasteiger partial charge on any atom is 0.228 e. The van der Waals surface area contributed by atoms with Gasteiger partial charge in [0.2, 0.25) is 5.91 Å². The lowest BCUT2D eigenvalue weighted by Gasteiger charge is -2.31. The van der Waals surface area contributed by atoms with E-state index >= 15 is 0 Å². The van der Waals surface area contributed by atoms with Crippen molar-refractivity contribution in [2.24, 2.45) is 0 Å². The topological polar surface area (TPSA) is 65.5 Å². The number of nitrogens with one attached hydrogen (secondary N) is 1. The number of carbonyl (C=O) groups excluding carboxylic acids is 1. The summed E-state index contributed by atoms with van der Waals surface area (Å²) in [6.07, 6.45) is 5.02. The molecule has 2 aliphatic rings. The number of hydrogen-bond acceptors (Lipinski definition) is 4. The van der Waals surface area contributed by atoms with Gasteiger partial charge in [0.1, 0.15) is 5.82 Å². The van der Waals surface area contributed by atoms with Crippen molar-refractivity contribution in [2.45, 2.75) is 50.7 Å². The molecule has 6 heteroatoms. The standard InChI is InChI=1S/C22H26FN3O2/c1-22(2)16-13-17(23)18(25-19(27)11-14-5-7-24-8-6-14)12-15(16)20(21(22)28)26-9-3-4-10-26/h5-8,12-13,20-21,28H,3-4,9-11H2,1-2H3,(H,25,27). The third-order valence-corrected chi connectivity index (χ3v) is 6.11. The van der Waals surface area contributed by atoms with Gasteiger partial charge in [0.05, 0.1) is 24.3 Å². The largest absolute Gasteiger partial charge is 0.390 e. The first-order valence-electron chi connectivity index (χ1n) is 9.82. The van der Waals surface area contributed by atoms with Crippen LogP contribution in [0.15, 0.2) is 36.7 Å². The Kier molecular flexibility index (Phi) is 4.93. The van der Waals surface area contributed by atoms with Crippen LogP contribution < -0.4 is 5.32 Å². The highest BCUT2D eigenvalue weighted by molar-refractivity contribution is 5.92. The average molecular weight is 383 g/mol. The van der Waals surface area contributed by atoms with Crippen molar-refractivity contribution in [3.8, 4) is 0 Å². The molecule has 0 saturated carbocycles. The van der Waals surface area contributed by atoms with Crippen LogP contribution in [0.4, 0.5) is 10.1 Å². The van der Waals surface area contributed by atoms with E-state index in [-0.39, 0.29) is 24.1 Å². The molecule has 2 unspecified atom stereocenters. The van der Waals surface area contributed by atoms with Gasteiger partial charge in [0, 0.05) is 17.8 Å². The molecular weight excluding hydrogens is 357 g/mol. The molecule has 1 saturated heterocycles. The summed E-state index contributed by atoms with van der Waals surface area (Å²) >= 11 is 0. The minimum Gasteiger partial charge on any atom is -0.390 e. The number of halogens is 1. The van der Waals surface area contributed by atoms with Crippen molar-refractivity contribution in [1.82, 2.24) is 9.88 Å². The third-order valence-electron chi connectivity index (χ3n) is 6.11. The molecule has 148 valence electrons. The number of hydrogen-bond donors (Lipinski definition) is 2.